The van der Waals surface area contributed by atoms with Gasteiger partial charge in [-0.2, -0.15) is 0 Å². The van der Waals surface area contributed by atoms with Crippen molar-refractivity contribution in [3.05, 3.63) is 34.4 Å². The summed E-state index contributed by atoms with van der Waals surface area (Å²) < 4.78 is 0. The van der Waals surface area contributed by atoms with E-state index in [-0.39, 0.29) is 6.42 Å². The third-order valence-electron chi connectivity index (χ3n) is 2.82. The van der Waals surface area contributed by atoms with Crippen LogP contribution in [0.15, 0.2) is 12.1 Å². The number of carboxylic acids is 1. The number of benzene rings is 1. The Morgan fingerprint density at radius 3 is 2.47 bits per heavy atom. The van der Waals surface area contributed by atoms with Crippen LogP contribution in [0.2, 0.25) is 0 Å². The summed E-state index contributed by atoms with van der Waals surface area (Å²) in [5, 5.41) is 8.70. The summed E-state index contributed by atoms with van der Waals surface area (Å²) in [6, 6.07) is 3.48. The molecule has 17 heavy (non-hydrogen) atoms. The molecule has 0 spiro atoms. The second kappa shape index (κ2) is 5.48. The van der Waals surface area contributed by atoms with Gasteiger partial charge in [-0.1, -0.05) is 6.92 Å². The number of primary amides is 1. The quantitative estimate of drug-likeness (QED) is 0.814. The third-order valence-corrected chi connectivity index (χ3v) is 2.82. The van der Waals surface area contributed by atoms with Gasteiger partial charge in [0.25, 0.3) is 0 Å². The summed E-state index contributed by atoms with van der Waals surface area (Å²) in [5.74, 6) is -1.27. The standard InChI is InChI=1S/C13H17NO3/c1-3-9-7-10(13(14)17)6-8(2)11(9)4-5-12(15)16/h6-7H,3-5H2,1-2H3,(H2,14,17)(H,15,16). The summed E-state index contributed by atoms with van der Waals surface area (Å²) in [6.07, 6.45) is 1.35. The monoisotopic (exact) mass is 235 g/mol. The molecule has 0 unspecified atom stereocenters. The maximum atomic E-state index is 11.1. The Balaban J connectivity index is 3.12. The molecule has 4 heteroatoms. The first kappa shape index (κ1) is 13.2. The molecule has 0 aliphatic heterocycles. The van der Waals surface area contributed by atoms with Crippen molar-refractivity contribution in [1.82, 2.24) is 0 Å². The predicted octanol–water partition coefficient (Wildman–Crippen LogP) is 1.67. The number of aryl methyl sites for hydroxylation is 2. The molecule has 0 bridgehead atoms. The number of hydrogen-bond acceptors (Lipinski definition) is 2. The molecule has 1 aromatic rings. The first-order valence-corrected chi connectivity index (χ1v) is 5.59. The SMILES string of the molecule is CCc1cc(C(N)=O)cc(C)c1CCC(=O)O. The molecule has 0 aliphatic rings. The molecule has 1 aromatic carbocycles. The van der Waals surface area contributed by atoms with Crippen molar-refractivity contribution in [3.8, 4) is 0 Å². The van der Waals surface area contributed by atoms with Gasteiger partial charge >= 0.3 is 5.97 Å². The highest BCUT2D eigenvalue weighted by Crippen LogP contribution is 2.19. The van der Waals surface area contributed by atoms with Gasteiger partial charge in [0.1, 0.15) is 0 Å². The summed E-state index contributed by atoms with van der Waals surface area (Å²) in [7, 11) is 0. The van der Waals surface area contributed by atoms with Gasteiger partial charge in [-0.05, 0) is 48.6 Å². The van der Waals surface area contributed by atoms with Crippen LogP contribution in [0, 0.1) is 6.92 Å². The molecule has 0 aliphatic carbocycles. The number of carbonyl (C=O) groups excluding carboxylic acids is 1. The van der Waals surface area contributed by atoms with Gasteiger partial charge in [0.15, 0.2) is 0 Å². The zero-order valence-corrected chi connectivity index (χ0v) is 10.1. The van der Waals surface area contributed by atoms with Crippen LogP contribution >= 0.6 is 0 Å². The van der Waals surface area contributed by atoms with Crippen LogP contribution in [-0.2, 0) is 17.6 Å². The van der Waals surface area contributed by atoms with Crippen molar-refractivity contribution < 1.29 is 14.7 Å². The fourth-order valence-corrected chi connectivity index (χ4v) is 1.94. The normalized spacial score (nSPS) is 10.2. The minimum Gasteiger partial charge on any atom is -0.481 e. The van der Waals surface area contributed by atoms with Crippen LogP contribution in [0.25, 0.3) is 0 Å². The number of rotatable bonds is 5. The Bertz CT molecular complexity index is 452. The number of carbonyl (C=O) groups is 2. The first-order valence-electron chi connectivity index (χ1n) is 5.59. The van der Waals surface area contributed by atoms with Crippen LogP contribution in [0.3, 0.4) is 0 Å². The van der Waals surface area contributed by atoms with Crippen molar-refractivity contribution in [3.63, 3.8) is 0 Å². The average molecular weight is 235 g/mol. The lowest BCUT2D eigenvalue weighted by Crippen LogP contribution is -2.13. The van der Waals surface area contributed by atoms with Gasteiger partial charge in [0, 0.05) is 12.0 Å². The molecule has 4 nitrogen and oxygen atoms in total. The van der Waals surface area contributed by atoms with Crippen LogP contribution < -0.4 is 5.73 Å². The van der Waals surface area contributed by atoms with E-state index in [2.05, 4.69) is 0 Å². The third kappa shape index (κ3) is 3.31. The second-order valence-electron chi connectivity index (χ2n) is 4.04. The maximum Gasteiger partial charge on any atom is 0.303 e. The molecule has 3 N–H and O–H groups in total. The van der Waals surface area contributed by atoms with Gasteiger partial charge < -0.3 is 10.8 Å². The molecule has 0 saturated heterocycles. The largest absolute Gasteiger partial charge is 0.481 e. The molecule has 0 atom stereocenters. The Hall–Kier alpha value is -1.84. The molecule has 1 rings (SSSR count). The highest BCUT2D eigenvalue weighted by Gasteiger charge is 2.11. The fraction of sp³-hybridized carbons (Fsp3) is 0.385. The van der Waals surface area contributed by atoms with E-state index in [1.54, 1.807) is 12.1 Å². The minimum absolute atomic E-state index is 0.101. The predicted molar refractivity (Wildman–Crippen MR) is 65.0 cm³/mol. The van der Waals surface area contributed by atoms with Crippen molar-refractivity contribution in [2.45, 2.75) is 33.1 Å². The van der Waals surface area contributed by atoms with E-state index in [0.717, 1.165) is 23.1 Å². The average Bonchev–Trinajstić information content (AvgIpc) is 2.25. The van der Waals surface area contributed by atoms with E-state index < -0.39 is 11.9 Å². The van der Waals surface area contributed by atoms with Crippen molar-refractivity contribution in [2.24, 2.45) is 5.73 Å². The summed E-state index contributed by atoms with van der Waals surface area (Å²) in [5.41, 5.74) is 8.67. The smallest absolute Gasteiger partial charge is 0.303 e. The van der Waals surface area contributed by atoms with Crippen LogP contribution in [0.5, 0.6) is 0 Å². The molecule has 0 saturated carbocycles. The Morgan fingerprint density at radius 1 is 1.35 bits per heavy atom. The molecule has 0 heterocycles. The van der Waals surface area contributed by atoms with E-state index in [0.29, 0.717) is 12.0 Å². The fourth-order valence-electron chi connectivity index (χ4n) is 1.94. The summed E-state index contributed by atoms with van der Waals surface area (Å²) in [6.45, 7) is 3.85. The lowest BCUT2D eigenvalue weighted by atomic mass is 9.93. The lowest BCUT2D eigenvalue weighted by molar-refractivity contribution is -0.136. The maximum absolute atomic E-state index is 11.1. The van der Waals surface area contributed by atoms with E-state index in [1.807, 2.05) is 13.8 Å². The van der Waals surface area contributed by atoms with Gasteiger partial charge in [-0.3, -0.25) is 9.59 Å². The van der Waals surface area contributed by atoms with Gasteiger partial charge in [-0.25, -0.2) is 0 Å². The number of aliphatic carboxylic acids is 1. The van der Waals surface area contributed by atoms with Crippen LogP contribution in [0.4, 0.5) is 0 Å². The second-order valence-corrected chi connectivity index (χ2v) is 4.04. The Morgan fingerprint density at radius 2 is 2.00 bits per heavy atom. The highest BCUT2D eigenvalue weighted by molar-refractivity contribution is 5.93. The molecule has 1 amide bonds. The van der Waals surface area contributed by atoms with E-state index in [4.69, 9.17) is 10.8 Å². The topological polar surface area (TPSA) is 80.4 Å². The lowest BCUT2D eigenvalue weighted by Gasteiger charge is -2.12. The molecular formula is C13H17NO3. The number of carboxylic acid groups (broad SMARTS) is 1. The zero-order valence-electron chi connectivity index (χ0n) is 10.1. The van der Waals surface area contributed by atoms with Crippen LogP contribution in [-0.4, -0.2) is 17.0 Å². The van der Waals surface area contributed by atoms with Crippen molar-refractivity contribution >= 4 is 11.9 Å². The van der Waals surface area contributed by atoms with Crippen molar-refractivity contribution in [1.29, 1.82) is 0 Å². The number of hydrogen-bond donors (Lipinski definition) is 2. The Kier molecular flexibility index (Phi) is 4.26. The van der Waals surface area contributed by atoms with E-state index in [1.165, 1.54) is 0 Å². The first-order chi connectivity index (χ1) is 7.95. The summed E-state index contributed by atoms with van der Waals surface area (Å²) in [4.78, 5) is 21.7. The van der Waals surface area contributed by atoms with E-state index >= 15 is 0 Å². The molecule has 0 fully saturated rings. The van der Waals surface area contributed by atoms with Crippen LogP contribution in [0.1, 0.15) is 40.4 Å². The highest BCUT2D eigenvalue weighted by atomic mass is 16.4. The zero-order chi connectivity index (χ0) is 13.0. The molecular weight excluding hydrogens is 218 g/mol. The van der Waals surface area contributed by atoms with Gasteiger partial charge in [0.05, 0.1) is 0 Å². The molecule has 0 aromatic heterocycles. The Labute approximate surface area is 100 Å². The minimum atomic E-state index is -0.814. The number of nitrogens with two attached hydrogens (primary N) is 1. The van der Waals surface area contributed by atoms with E-state index in [9.17, 15) is 9.59 Å². The molecule has 92 valence electrons. The van der Waals surface area contributed by atoms with Crippen molar-refractivity contribution in [2.75, 3.05) is 0 Å². The molecule has 0 radical (unpaired) electrons. The van der Waals surface area contributed by atoms with Gasteiger partial charge in [0.2, 0.25) is 5.91 Å². The summed E-state index contributed by atoms with van der Waals surface area (Å²) >= 11 is 0. The number of amides is 1. The van der Waals surface area contributed by atoms with Gasteiger partial charge in [-0.15, -0.1) is 0 Å².